The van der Waals surface area contributed by atoms with Gasteiger partial charge in [-0.05, 0) is 37.1 Å². The molecule has 0 saturated carbocycles. The summed E-state index contributed by atoms with van der Waals surface area (Å²) in [5.41, 5.74) is 0.708. The molecule has 17 heteroatoms. The van der Waals surface area contributed by atoms with Crippen LogP contribution in [0.1, 0.15) is 25.7 Å². The van der Waals surface area contributed by atoms with E-state index < -0.39 is 6.16 Å². The number of hydrogen-bond donors (Lipinski definition) is 2. The van der Waals surface area contributed by atoms with Crippen LogP contribution in [0.2, 0.25) is 5.02 Å². The third kappa shape index (κ3) is 26.0. The van der Waals surface area contributed by atoms with Crippen molar-refractivity contribution in [1.82, 2.24) is 5.32 Å². The molecule has 0 unspecified atom stereocenters. The van der Waals surface area contributed by atoms with E-state index >= 15 is 0 Å². The van der Waals surface area contributed by atoms with Gasteiger partial charge in [0, 0.05) is 30.8 Å². The first-order chi connectivity index (χ1) is 24.6. The zero-order valence-corrected chi connectivity index (χ0v) is 30.7. The number of rotatable bonds is 29. The van der Waals surface area contributed by atoms with E-state index in [9.17, 15) is 4.79 Å². The number of methoxy groups -OCH3 is 1. The van der Waals surface area contributed by atoms with Crippen molar-refractivity contribution < 1.29 is 64.4 Å². The van der Waals surface area contributed by atoms with Gasteiger partial charge in [-0.1, -0.05) is 24.4 Å². The SMILES string of the molecule is COCCOCCOCCOCCOCCOCCOC(=O)OC[n+]1ccc(NC(=NC#N)NCCCCCCOc2ccc(Cl)cc2)cc1.[Cl-]. The van der Waals surface area contributed by atoms with Crippen LogP contribution >= 0.6 is 11.6 Å². The van der Waals surface area contributed by atoms with Crippen LogP contribution in [0.4, 0.5) is 10.5 Å². The molecule has 0 aliphatic heterocycles. The molecule has 0 spiro atoms. The second kappa shape index (κ2) is 32.4. The summed E-state index contributed by atoms with van der Waals surface area (Å²) in [4.78, 5) is 15.7. The molecule has 0 atom stereocenters. The van der Waals surface area contributed by atoms with Crippen LogP contribution in [-0.4, -0.2) is 112 Å². The zero-order chi connectivity index (χ0) is 35.7. The maximum absolute atomic E-state index is 11.9. The van der Waals surface area contributed by atoms with E-state index in [-0.39, 0.29) is 32.4 Å². The maximum atomic E-state index is 11.9. The molecule has 0 aliphatic rings. The predicted octanol–water partition coefficient (Wildman–Crippen LogP) is 0.950. The van der Waals surface area contributed by atoms with E-state index in [4.69, 9.17) is 59.5 Å². The first-order valence-corrected chi connectivity index (χ1v) is 17.0. The Kier molecular flexibility index (Phi) is 29.0. The van der Waals surface area contributed by atoms with Crippen molar-refractivity contribution in [1.29, 1.82) is 5.26 Å². The van der Waals surface area contributed by atoms with Crippen LogP contribution in [0, 0.1) is 11.5 Å². The van der Waals surface area contributed by atoms with E-state index in [1.807, 2.05) is 12.1 Å². The van der Waals surface area contributed by atoms with Crippen LogP contribution in [0.3, 0.4) is 0 Å². The molecule has 2 N–H and O–H groups in total. The van der Waals surface area contributed by atoms with Gasteiger partial charge in [0.25, 0.3) is 6.73 Å². The quantitative estimate of drug-likeness (QED) is 0.0301. The number of anilines is 1. The van der Waals surface area contributed by atoms with Gasteiger partial charge in [-0.15, -0.1) is 4.99 Å². The van der Waals surface area contributed by atoms with Crippen LogP contribution in [-0.2, 0) is 44.6 Å². The number of carbonyl (C=O) groups is 1. The molecule has 0 bridgehead atoms. The van der Waals surface area contributed by atoms with Crippen LogP contribution in [0.25, 0.3) is 0 Å². The molecule has 15 nitrogen and oxygen atoms in total. The topological polar surface area (TPSA) is 164 Å². The number of carbonyl (C=O) groups excluding carboxylic acids is 1. The number of aliphatic imine (C=N–C) groups is 1. The van der Waals surface area contributed by atoms with E-state index in [0.717, 1.165) is 31.4 Å². The number of unbranched alkanes of at least 4 members (excludes halogenated alkanes) is 3. The molecule has 0 saturated heterocycles. The molecular weight excluding hydrogens is 709 g/mol. The highest BCUT2D eigenvalue weighted by molar-refractivity contribution is 6.30. The lowest BCUT2D eigenvalue weighted by Gasteiger charge is -2.11. The first-order valence-electron chi connectivity index (χ1n) is 16.6. The third-order valence-electron chi connectivity index (χ3n) is 6.46. The minimum absolute atomic E-state index is 0. The maximum Gasteiger partial charge on any atom is 0.513 e. The van der Waals surface area contributed by atoms with Gasteiger partial charge in [0.15, 0.2) is 12.4 Å². The Morgan fingerprint density at radius 1 is 0.745 bits per heavy atom. The molecule has 2 aromatic rings. The highest BCUT2D eigenvalue weighted by Gasteiger charge is 2.09. The summed E-state index contributed by atoms with van der Waals surface area (Å²) in [5, 5.41) is 16.0. The summed E-state index contributed by atoms with van der Waals surface area (Å²) < 4.78 is 49.3. The summed E-state index contributed by atoms with van der Waals surface area (Å²) in [6.07, 6.45) is 8.33. The number of hydrogen-bond acceptors (Lipinski definition) is 12. The molecule has 1 heterocycles. The van der Waals surface area contributed by atoms with Gasteiger partial charge in [-0.25, -0.2) is 4.79 Å². The summed E-state index contributed by atoms with van der Waals surface area (Å²) in [7, 11) is 1.63. The molecular formula is C34H51Cl2N5O10. The molecule has 286 valence electrons. The molecule has 2 rings (SSSR count). The zero-order valence-electron chi connectivity index (χ0n) is 29.2. The number of nitrogens with zero attached hydrogens (tertiary/aromatic N) is 3. The number of halogens is 2. The Labute approximate surface area is 311 Å². The van der Waals surface area contributed by atoms with Crippen molar-refractivity contribution in [3.63, 3.8) is 0 Å². The Morgan fingerprint density at radius 2 is 1.29 bits per heavy atom. The lowest BCUT2D eigenvalue weighted by atomic mass is 10.2. The number of benzene rings is 1. The van der Waals surface area contributed by atoms with Crippen molar-refractivity contribution in [2.75, 3.05) is 105 Å². The number of pyridine rings is 1. The van der Waals surface area contributed by atoms with Crippen molar-refractivity contribution in [2.45, 2.75) is 32.4 Å². The summed E-state index contributed by atoms with van der Waals surface area (Å²) >= 11 is 5.89. The molecule has 0 radical (unpaired) electrons. The lowest BCUT2D eigenvalue weighted by molar-refractivity contribution is -0.727. The molecule has 1 aromatic heterocycles. The fraction of sp³-hybridized carbons (Fsp3) is 0.588. The van der Waals surface area contributed by atoms with E-state index in [1.54, 1.807) is 54.5 Å². The van der Waals surface area contributed by atoms with Gasteiger partial charge in [0.05, 0.1) is 85.0 Å². The van der Waals surface area contributed by atoms with Crippen molar-refractivity contribution in [3.05, 3.63) is 53.8 Å². The number of nitriles is 1. The normalized spacial score (nSPS) is 11.0. The van der Waals surface area contributed by atoms with Crippen molar-refractivity contribution >= 4 is 29.4 Å². The smallest absolute Gasteiger partial charge is 0.513 e. The van der Waals surface area contributed by atoms with Gasteiger partial charge < -0.3 is 65.7 Å². The Morgan fingerprint density at radius 3 is 1.86 bits per heavy atom. The van der Waals surface area contributed by atoms with Gasteiger partial charge in [-0.2, -0.15) is 9.83 Å². The van der Waals surface area contributed by atoms with Crippen molar-refractivity contribution in [3.8, 4) is 11.9 Å². The van der Waals surface area contributed by atoms with Crippen LogP contribution in [0.15, 0.2) is 53.8 Å². The van der Waals surface area contributed by atoms with Crippen LogP contribution in [0.5, 0.6) is 5.75 Å². The van der Waals surface area contributed by atoms with Crippen LogP contribution < -0.4 is 32.3 Å². The molecule has 51 heavy (non-hydrogen) atoms. The van der Waals surface area contributed by atoms with Gasteiger partial charge >= 0.3 is 6.16 Å². The van der Waals surface area contributed by atoms with Crippen molar-refractivity contribution in [2.24, 2.45) is 4.99 Å². The number of guanidine groups is 1. The highest BCUT2D eigenvalue weighted by Crippen LogP contribution is 2.16. The number of ether oxygens (including phenoxy) is 9. The largest absolute Gasteiger partial charge is 1.00 e. The third-order valence-corrected chi connectivity index (χ3v) is 6.71. The summed E-state index contributed by atoms with van der Waals surface area (Å²) in [6.45, 7) is 6.35. The molecule has 0 aliphatic carbocycles. The standard InChI is InChI=1S/C34H50ClN5O10.ClH/c1-42-16-17-43-18-19-44-20-21-45-22-23-46-24-25-47-26-27-49-34(41)50-29-40-13-10-31(11-14-40)39-33(38-28-36)37-12-4-2-3-5-15-48-32-8-6-30(35)7-9-32;/h6-11,13-14H,2-5,12,15-27,29H2,1H3,(H,37,38);1H. The van der Waals surface area contributed by atoms with E-state index in [2.05, 4.69) is 15.6 Å². The average molecular weight is 761 g/mol. The second-order valence-electron chi connectivity index (χ2n) is 10.4. The minimum Gasteiger partial charge on any atom is -1.00 e. The molecule has 1 aromatic carbocycles. The minimum atomic E-state index is -0.805. The number of aromatic nitrogens is 1. The fourth-order valence-electron chi connectivity index (χ4n) is 3.91. The number of nitrogens with one attached hydrogen (secondary N) is 2. The predicted molar refractivity (Wildman–Crippen MR) is 185 cm³/mol. The van der Waals surface area contributed by atoms with Gasteiger partial charge in [-0.3, -0.25) is 0 Å². The molecule has 0 amide bonds. The molecule has 0 fully saturated rings. The highest BCUT2D eigenvalue weighted by atomic mass is 35.5. The summed E-state index contributed by atoms with van der Waals surface area (Å²) in [5.74, 6) is 1.17. The average Bonchev–Trinajstić information content (AvgIpc) is 3.12. The Hall–Kier alpha value is -3.46. The van der Waals surface area contributed by atoms with E-state index in [0.29, 0.717) is 95.9 Å². The fourth-order valence-corrected chi connectivity index (χ4v) is 4.04. The first kappa shape index (κ1) is 45.6. The summed E-state index contributed by atoms with van der Waals surface area (Å²) in [6, 6.07) is 10.9. The van der Waals surface area contributed by atoms with Gasteiger partial charge in [0.2, 0.25) is 12.2 Å². The lowest BCUT2D eigenvalue weighted by Crippen LogP contribution is -3.00. The van der Waals surface area contributed by atoms with Gasteiger partial charge in [0.1, 0.15) is 12.4 Å². The van der Waals surface area contributed by atoms with E-state index in [1.165, 1.54) is 0 Å². The second-order valence-corrected chi connectivity index (χ2v) is 10.8. The monoisotopic (exact) mass is 759 g/mol. The Bertz CT molecular complexity index is 1210. The Balaban J connectivity index is 0.0000130.